The van der Waals surface area contributed by atoms with Crippen molar-refractivity contribution < 1.29 is 5.11 Å². The molecule has 0 saturated carbocycles. The van der Waals surface area contributed by atoms with Gasteiger partial charge in [0.2, 0.25) is 0 Å². The van der Waals surface area contributed by atoms with Crippen molar-refractivity contribution in [3.63, 3.8) is 0 Å². The summed E-state index contributed by atoms with van der Waals surface area (Å²) in [5, 5.41) is 9.87. The van der Waals surface area contributed by atoms with E-state index in [9.17, 15) is 5.11 Å². The van der Waals surface area contributed by atoms with Crippen LogP contribution in [0.5, 0.6) is 0 Å². The van der Waals surface area contributed by atoms with Gasteiger partial charge in [-0.3, -0.25) is 0 Å². The molecule has 0 spiro atoms. The lowest BCUT2D eigenvalue weighted by Gasteiger charge is -2.35. The Morgan fingerprint density at radius 3 is 2.60 bits per heavy atom. The van der Waals surface area contributed by atoms with Gasteiger partial charge in [0, 0.05) is 0 Å². The number of thioether (sulfide) groups is 2. The van der Waals surface area contributed by atoms with E-state index in [1.807, 2.05) is 6.08 Å². The van der Waals surface area contributed by atoms with Crippen molar-refractivity contribution in [2.75, 3.05) is 11.5 Å². The molecule has 88 valence electrons. The predicted octanol–water partition coefficient (Wildman–Crippen LogP) is 3.54. The van der Waals surface area contributed by atoms with Crippen LogP contribution in [-0.4, -0.2) is 26.8 Å². The van der Waals surface area contributed by atoms with Crippen LogP contribution in [0.3, 0.4) is 0 Å². The molecule has 1 fully saturated rings. The summed E-state index contributed by atoms with van der Waals surface area (Å²) in [7, 11) is 0. The van der Waals surface area contributed by atoms with Crippen LogP contribution < -0.4 is 0 Å². The highest BCUT2D eigenvalue weighted by molar-refractivity contribution is 8.18. The molecule has 0 aromatic carbocycles. The Morgan fingerprint density at radius 2 is 2.07 bits per heavy atom. The predicted molar refractivity (Wildman–Crippen MR) is 72.5 cm³/mol. The summed E-state index contributed by atoms with van der Waals surface area (Å²) in [6, 6.07) is 0. The molecule has 15 heavy (non-hydrogen) atoms. The molecule has 0 aromatic heterocycles. The monoisotopic (exact) mass is 246 g/mol. The van der Waals surface area contributed by atoms with Gasteiger partial charge in [0.1, 0.15) is 0 Å². The summed E-state index contributed by atoms with van der Waals surface area (Å²) in [6.45, 7) is 8.14. The van der Waals surface area contributed by atoms with E-state index in [0.29, 0.717) is 16.4 Å². The molecule has 1 rings (SSSR count). The largest absolute Gasteiger partial charge is 0.393 e. The molecule has 0 aliphatic carbocycles. The number of hydrogen-bond donors (Lipinski definition) is 1. The molecular formula is C12H22OS2. The third-order valence-corrected chi connectivity index (χ3v) is 6.11. The summed E-state index contributed by atoms with van der Waals surface area (Å²) in [5.74, 6) is 2.91. The fraction of sp³-hybridized carbons (Fsp3) is 0.833. The Bertz CT molecular complexity index is 200. The normalized spacial score (nSPS) is 24.5. The van der Waals surface area contributed by atoms with E-state index in [0.717, 1.165) is 6.42 Å². The van der Waals surface area contributed by atoms with Crippen LogP contribution in [0.4, 0.5) is 0 Å². The van der Waals surface area contributed by atoms with Crippen molar-refractivity contribution in [1.82, 2.24) is 0 Å². The maximum absolute atomic E-state index is 9.87. The Hall–Kier alpha value is 0.400. The molecule has 0 amide bonds. The van der Waals surface area contributed by atoms with Crippen molar-refractivity contribution in [3.8, 4) is 0 Å². The molecule has 3 heteroatoms. The van der Waals surface area contributed by atoms with E-state index >= 15 is 0 Å². The van der Waals surface area contributed by atoms with E-state index in [2.05, 4.69) is 44.0 Å². The lowest BCUT2D eigenvalue weighted by atomic mass is 9.97. The van der Waals surface area contributed by atoms with Gasteiger partial charge in [-0.05, 0) is 43.6 Å². The molecule has 1 saturated heterocycles. The number of aliphatic hydroxyl groups is 1. The summed E-state index contributed by atoms with van der Waals surface area (Å²) < 4.78 is 0.319. The fourth-order valence-electron chi connectivity index (χ4n) is 1.92. The number of rotatable bonds is 5. The Kier molecular flexibility index (Phi) is 5.58. The molecule has 0 unspecified atom stereocenters. The maximum Gasteiger partial charge on any atom is 0.0600 e. The first-order valence-electron chi connectivity index (χ1n) is 5.64. The summed E-state index contributed by atoms with van der Waals surface area (Å²) in [4.78, 5) is 0. The Balaban J connectivity index is 2.40. The second kappa shape index (κ2) is 6.21. The van der Waals surface area contributed by atoms with Gasteiger partial charge >= 0.3 is 0 Å². The van der Waals surface area contributed by atoms with Crippen molar-refractivity contribution in [2.24, 2.45) is 5.92 Å². The molecule has 0 aromatic rings. The second-order valence-electron chi connectivity index (χ2n) is 4.46. The van der Waals surface area contributed by atoms with Crippen LogP contribution in [0.2, 0.25) is 0 Å². The Labute approximate surface area is 102 Å². The van der Waals surface area contributed by atoms with Crippen LogP contribution >= 0.6 is 23.5 Å². The molecule has 0 bridgehead atoms. The number of aliphatic hydroxyl groups excluding tert-OH is 1. The average Bonchev–Trinajstić information content (AvgIpc) is 2.18. The summed E-state index contributed by atoms with van der Waals surface area (Å²) >= 11 is 4.11. The van der Waals surface area contributed by atoms with Crippen LogP contribution in [-0.2, 0) is 0 Å². The van der Waals surface area contributed by atoms with E-state index < -0.39 is 0 Å². The lowest BCUT2D eigenvalue weighted by molar-refractivity contribution is 0.114. The Morgan fingerprint density at radius 1 is 1.47 bits per heavy atom. The van der Waals surface area contributed by atoms with Crippen molar-refractivity contribution in [3.05, 3.63) is 12.7 Å². The third kappa shape index (κ3) is 4.41. The third-order valence-electron chi connectivity index (χ3n) is 2.86. The maximum atomic E-state index is 9.87. The van der Waals surface area contributed by atoms with Crippen molar-refractivity contribution >= 4 is 23.5 Å². The van der Waals surface area contributed by atoms with E-state index in [1.165, 1.54) is 17.9 Å². The van der Waals surface area contributed by atoms with Crippen LogP contribution in [0, 0.1) is 5.92 Å². The minimum absolute atomic E-state index is 0.220. The average molecular weight is 246 g/mol. The molecular weight excluding hydrogens is 224 g/mol. The van der Waals surface area contributed by atoms with Gasteiger partial charge in [-0.1, -0.05) is 13.0 Å². The van der Waals surface area contributed by atoms with Crippen LogP contribution in [0.1, 0.15) is 33.1 Å². The first-order valence-corrected chi connectivity index (χ1v) is 7.61. The standard InChI is InChI=1S/C12H22OS2/c1-4-6-11(13)10(2)9-12(3)14-7-5-8-15-12/h4,10-11,13H,1,5-9H2,2-3H3/t10-,11+/m0/s1. The second-order valence-corrected chi connectivity index (χ2v) is 7.91. The SMILES string of the molecule is C=CC[C@@H](O)[C@@H](C)CC1(C)SCCCS1. The highest BCUT2D eigenvalue weighted by Gasteiger charge is 2.31. The molecule has 1 aliphatic heterocycles. The zero-order valence-electron chi connectivity index (χ0n) is 9.74. The highest BCUT2D eigenvalue weighted by Crippen LogP contribution is 2.46. The minimum Gasteiger partial charge on any atom is -0.393 e. The summed E-state index contributed by atoms with van der Waals surface area (Å²) in [5.41, 5.74) is 0. The summed E-state index contributed by atoms with van der Waals surface area (Å²) in [6.07, 6.45) is 4.73. The topological polar surface area (TPSA) is 20.2 Å². The van der Waals surface area contributed by atoms with Crippen LogP contribution in [0.25, 0.3) is 0 Å². The van der Waals surface area contributed by atoms with E-state index in [-0.39, 0.29) is 6.10 Å². The smallest absolute Gasteiger partial charge is 0.0600 e. The lowest BCUT2D eigenvalue weighted by Crippen LogP contribution is -2.28. The van der Waals surface area contributed by atoms with E-state index in [4.69, 9.17) is 0 Å². The van der Waals surface area contributed by atoms with Crippen molar-refractivity contribution in [2.45, 2.75) is 43.3 Å². The van der Waals surface area contributed by atoms with E-state index in [1.54, 1.807) is 0 Å². The molecule has 0 radical (unpaired) electrons. The van der Waals surface area contributed by atoms with Crippen molar-refractivity contribution in [1.29, 1.82) is 0 Å². The first kappa shape index (κ1) is 13.5. The van der Waals surface area contributed by atoms with Crippen LogP contribution in [0.15, 0.2) is 12.7 Å². The van der Waals surface area contributed by atoms with Gasteiger partial charge < -0.3 is 5.11 Å². The highest BCUT2D eigenvalue weighted by atomic mass is 32.2. The molecule has 2 atom stereocenters. The molecule has 1 N–H and O–H groups in total. The van der Waals surface area contributed by atoms with Gasteiger partial charge in [-0.2, -0.15) is 0 Å². The van der Waals surface area contributed by atoms with Gasteiger partial charge in [0.25, 0.3) is 0 Å². The number of hydrogen-bond acceptors (Lipinski definition) is 3. The van der Waals surface area contributed by atoms with Gasteiger partial charge in [-0.15, -0.1) is 30.1 Å². The van der Waals surface area contributed by atoms with Gasteiger partial charge in [-0.25, -0.2) is 0 Å². The first-order chi connectivity index (χ1) is 7.07. The zero-order valence-corrected chi connectivity index (χ0v) is 11.4. The zero-order chi connectivity index (χ0) is 11.3. The molecule has 1 aliphatic rings. The van der Waals surface area contributed by atoms with Gasteiger partial charge in [0.05, 0.1) is 10.2 Å². The fourth-order valence-corrected chi connectivity index (χ4v) is 5.14. The molecule has 1 nitrogen and oxygen atoms in total. The molecule has 1 heterocycles. The quantitative estimate of drug-likeness (QED) is 0.749. The minimum atomic E-state index is -0.220. The van der Waals surface area contributed by atoms with Gasteiger partial charge in [0.15, 0.2) is 0 Å².